The molecule has 314 valence electrons. The second kappa shape index (κ2) is 13.0. The molecule has 0 N–H and O–H groups in total. The summed E-state index contributed by atoms with van der Waals surface area (Å²) in [5.41, 5.74) is 14.9. The zero-order valence-electron chi connectivity index (χ0n) is 38.2. The standard InChI is InChI=1S/C64H48N2/c1-37-31-55(65(43-17-9-7-10-18-43)45-33-41-25-23-39-15-13-21-51-57(39)59(41)53(35-45)63(51,3)4)49-30-28-48-38(2)32-56(50-29-27-47(37)61(49)62(48)50)66(44-19-11-8-12-20-44)46-34-42-26-24-40-16-14-22-52-58(40)60(42)54(36-46)64(52,5)6/h7-36H,1-6H3. The van der Waals surface area contributed by atoms with Crippen LogP contribution in [0.3, 0.4) is 0 Å². The van der Waals surface area contributed by atoms with E-state index >= 15 is 0 Å². The van der Waals surface area contributed by atoms with Gasteiger partial charge in [-0.25, -0.2) is 0 Å². The Morgan fingerprint density at radius 2 is 0.667 bits per heavy atom. The Morgan fingerprint density at radius 1 is 0.288 bits per heavy atom. The minimum absolute atomic E-state index is 0.132. The molecular formula is C64H48N2. The summed E-state index contributed by atoms with van der Waals surface area (Å²) in [6.07, 6.45) is 0. The molecule has 0 atom stereocenters. The lowest BCUT2D eigenvalue weighted by atomic mass is 9.81. The highest BCUT2D eigenvalue weighted by atomic mass is 15.2. The largest absolute Gasteiger partial charge is 0.310 e. The fourth-order valence-electron chi connectivity index (χ4n) is 12.7. The minimum atomic E-state index is -0.132. The van der Waals surface area contributed by atoms with Gasteiger partial charge in [-0.15, -0.1) is 0 Å². The van der Waals surface area contributed by atoms with Crippen LogP contribution in [0.5, 0.6) is 0 Å². The summed E-state index contributed by atoms with van der Waals surface area (Å²) in [6, 6.07) is 69.2. The molecule has 12 aromatic rings. The Labute approximate surface area is 385 Å². The van der Waals surface area contributed by atoms with E-state index in [0.29, 0.717) is 0 Å². The normalized spacial score (nSPS) is 14.5. The lowest BCUT2D eigenvalue weighted by Gasteiger charge is -2.32. The predicted molar refractivity (Wildman–Crippen MR) is 283 cm³/mol. The Balaban J connectivity index is 1.03. The van der Waals surface area contributed by atoms with Crippen LogP contribution in [0.4, 0.5) is 34.1 Å². The van der Waals surface area contributed by atoms with Crippen LogP contribution >= 0.6 is 0 Å². The van der Waals surface area contributed by atoms with Gasteiger partial charge < -0.3 is 9.80 Å². The third-order valence-electron chi connectivity index (χ3n) is 15.9. The fourth-order valence-corrected chi connectivity index (χ4v) is 12.7. The van der Waals surface area contributed by atoms with Crippen LogP contribution in [0.1, 0.15) is 61.1 Å². The first-order valence-corrected chi connectivity index (χ1v) is 23.5. The third-order valence-corrected chi connectivity index (χ3v) is 15.9. The number of hydrogen-bond acceptors (Lipinski definition) is 2. The number of nitrogens with zero attached hydrogens (tertiary/aromatic N) is 2. The molecule has 0 saturated carbocycles. The van der Waals surface area contributed by atoms with Gasteiger partial charge in [0.2, 0.25) is 0 Å². The smallest absolute Gasteiger partial charge is 0.0543 e. The average Bonchev–Trinajstić information content (AvgIpc) is 3.72. The molecular weight excluding hydrogens is 797 g/mol. The summed E-state index contributed by atoms with van der Waals surface area (Å²) in [5, 5.41) is 18.5. The van der Waals surface area contributed by atoms with Gasteiger partial charge in [0.15, 0.2) is 0 Å². The average molecular weight is 845 g/mol. The first-order chi connectivity index (χ1) is 32.1. The van der Waals surface area contributed by atoms with E-state index in [0.717, 1.165) is 11.4 Å². The van der Waals surface area contributed by atoms with Gasteiger partial charge in [-0.05, 0) is 173 Å². The molecule has 66 heavy (non-hydrogen) atoms. The van der Waals surface area contributed by atoms with E-state index in [-0.39, 0.29) is 10.8 Å². The quantitative estimate of drug-likeness (QED) is 0.154. The molecule has 2 nitrogen and oxygen atoms in total. The van der Waals surface area contributed by atoms with Crippen molar-refractivity contribution >= 4 is 110 Å². The van der Waals surface area contributed by atoms with E-state index in [4.69, 9.17) is 0 Å². The van der Waals surface area contributed by atoms with Crippen molar-refractivity contribution in [2.75, 3.05) is 9.80 Å². The van der Waals surface area contributed by atoms with Crippen LogP contribution in [0.2, 0.25) is 0 Å². The number of para-hydroxylation sites is 2. The van der Waals surface area contributed by atoms with Gasteiger partial charge >= 0.3 is 0 Å². The maximum atomic E-state index is 2.52. The maximum absolute atomic E-state index is 2.52. The predicted octanol–water partition coefficient (Wildman–Crippen LogP) is 18.0. The van der Waals surface area contributed by atoms with E-state index in [2.05, 4.69) is 233 Å². The molecule has 14 rings (SSSR count). The van der Waals surface area contributed by atoms with Crippen molar-refractivity contribution in [3.8, 4) is 0 Å². The second-order valence-corrected chi connectivity index (χ2v) is 20.2. The number of anilines is 6. The van der Waals surface area contributed by atoms with Gasteiger partial charge in [-0.2, -0.15) is 0 Å². The van der Waals surface area contributed by atoms with E-state index in [1.54, 1.807) is 0 Å². The van der Waals surface area contributed by atoms with Crippen LogP contribution in [0.15, 0.2) is 182 Å². The molecule has 0 aliphatic heterocycles. The van der Waals surface area contributed by atoms with Crippen molar-refractivity contribution in [2.24, 2.45) is 0 Å². The molecule has 0 saturated heterocycles. The molecule has 2 aliphatic rings. The third kappa shape index (κ3) is 4.86. The Morgan fingerprint density at radius 3 is 1.09 bits per heavy atom. The SMILES string of the molecule is Cc1cc(N(c2ccccc2)c2cc3c4c(ccc5cccc(c54)C3(C)C)c2)c2ccc3c(C)cc(N(c4ccccc4)c4cc5c6c(ccc7cccc(c76)C5(C)C)c4)c4ccc1c2c34. The minimum Gasteiger partial charge on any atom is -0.310 e. The molecule has 12 aromatic carbocycles. The Bertz CT molecular complexity index is 3800. The van der Waals surface area contributed by atoms with Crippen molar-refractivity contribution in [3.63, 3.8) is 0 Å². The number of rotatable bonds is 6. The zero-order valence-corrected chi connectivity index (χ0v) is 38.2. The molecule has 0 radical (unpaired) electrons. The lowest BCUT2D eigenvalue weighted by molar-refractivity contribution is 0.662. The summed E-state index contributed by atoms with van der Waals surface area (Å²) in [7, 11) is 0. The van der Waals surface area contributed by atoms with E-state index in [9.17, 15) is 0 Å². The van der Waals surface area contributed by atoms with Gasteiger partial charge in [0.05, 0.1) is 11.4 Å². The molecule has 2 aliphatic carbocycles. The van der Waals surface area contributed by atoms with Crippen molar-refractivity contribution in [1.82, 2.24) is 0 Å². The number of aryl methyl sites for hydroxylation is 2. The van der Waals surface area contributed by atoms with Crippen LogP contribution < -0.4 is 9.80 Å². The monoisotopic (exact) mass is 844 g/mol. The first kappa shape index (κ1) is 37.7. The molecule has 0 spiro atoms. The molecule has 0 bridgehead atoms. The first-order valence-electron chi connectivity index (χ1n) is 23.5. The van der Waals surface area contributed by atoms with E-state index < -0.39 is 0 Å². The van der Waals surface area contributed by atoms with Gasteiger partial charge in [0, 0.05) is 44.4 Å². The summed E-state index contributed by atoms with van der Waals surface area (Å²) in [4.78, 5) is 5.05. The van der Waals surface area contributed by atoms with Crippen LogP contribution in [-0.2, 0) is 10.8 Å². The van der Waals surface area contributed by atoms with E-state index in [1.807, 2.05) is 0 Å². The Kier molecular flexibility index (Phi) is 7.41. The number of benzene rings is 12. The zero-order chi connectivity index (χ0) is 44.4. The molecule has 0 amide bonds. The molecule has 0 aromatic heterocycles. The van der Waals surface area contributed by atoms with Gasteiger partial charge in [0.1, 0.15) is 0 Å². The summed E-state index contributed by atoms with van der Waals surface area (Å²) >= 11 is 0. The summed E-state index contributed by atoms with van der Waals surface area (Å²) in [6.45, 7) is 14.2. The molecule has 0 fully saturated rings. The topological polar surface area (TPSA) is 6.48 Å². The van der Waals surface area contributed by atoms with Crippen molar-refractivity contribution in [1.29, 1.82) is 0 Å². The van der Waals surface area contributed by atoms with Crippen molar-refractivity contribution < 1.29 is 0 Å². The Hall–Kier alpha value is -7.68. The van der Waals surface area contributed by atoms with Gasteiger partial charge in [0.25, 0.3) is 0 Å². The molecule has 0 heterocycles. The fraction of sp³-hybridized carbons (Fsp3) is 0.125. The highest BCUT2D eigenvalue weighted by Gasteiger charge is 2.37. The lowest BCUT2D eigenvalue weighted by Crippen LogP contribution is -2.17. The molecule has 0 unspecified atom stereocenters. The maximum Gasteiger partial charge on any atom is 0.0543 e. The van der Waals surface area contributed by atoms with Crippen LogP contribution in [0, 0.1) is 13.8 Å². The van der Waals surface area contributed by atoms with Gasteiger partial charge in [-0.1, -0.05) is 149 Å². The summed E-state index contributed by atoms with van der Waals surface area (Å²) < 4.78 is 0. The van der Waals surface area contributed by atoms with Crippen molar-refractivity contribution in [2.45, 2.75) is 52.4 Å². The highest BCUT2D eigenvalue weighted by Crippen LogP contribution is 2.55. The molecule has 2 heteroatoms. The number of hydrogen-bond donors (Lipinski definition) is 0. The second-order valence-electron chi connectivity index (χ2n) is 20.2. The van der Waals surface area contributed by atoms with E-state index in [1.165, 1.54) is 132 Å². The summed E-state index contributed by atoms with van der Waals surface area (Å²) in [5.74, 6) is 0. The highest BCUT2D eigenvalue weighted by molar-refractivity contribution is 6.29. The van der Waals surface area contributed by atoms with Crippen LogP contribution in [-0.4, -0.2) is 0 Å². The van der Waals surface area contributed by atoms with Gasteiger partial charge in [-0.3, -0.25) is 0 Å². The van der Waals surface area contributed by atoms with Crippen LogP contribution in [0.25, 0.3) is 75.4 Å². The van der Waals surface area contributed by atoms with Crippen molar-refractivity contribution in [3.05, 3.63) is 215 Å².